The lowest BCUT2D eigenvalue weighted by atomic mass is 9.50. The lowest BCUT2D eigenvalue weighted by Crippen LogP contribution is -2.52. The molecule has 9 fully saturated rings. The van der Waals surface area contributed by atoms with Gasteiger partial charge in [0.05, 0.1) is 12.2 Å². The number of fused-ring (bicyclic) bond motifs is 7. The van der Waals surface area contributed by atoms with Crippen molar-refractivity contribution in [3.8, 4) is 0 Å². The average Bonchev–Trinajstić information content (AvgIpc) is 3.47. The van der Waals surface area contributed by atoms with Crippen LogP contribution in [0.1, 0.15) is 251 Å². The van der Waals surface area contributed by atoms with Crippen LogP contribution in [0.5, 0.6) is 0 Å². The van der Waals surface area contributed by atoms with Crippen molar-refractivity contribution in [3.05, 3.63) is 96.0 Å². The van der Waals surface area contributed by atoms with Crippen LogP contribution >= 0.6 is 0 Å². The van der Waals surface area contributed by atoms with Gasteiger partial charge in [0, 0.05) is 52.8 Å². The highest BCUT2D eigenvalue weighted by Crippen LogP contribution is 2.72. The summed E-state index contributed by atoms with van der Waals surface area (Å²) in [6.07, 6.45) is 78.0. The van der Waals surface area contributed by atoms with Crippen LogP contribution in [0, 0.1) is 88.3 Å². The van der Waals surface area contributed by atoms with Crippen molar-refractivity contribution in [2.75, 3.05) is 0 Å². The highest BCUT2D eigenvalue weighted by molar-refractivity contribution is 5.45. The third kappa shape index (κ3) is 10.5. The van der Waals surface area contributed by atoms with Gasteiger partial charge in [0.15, 0.2) is 0 Å². The molecule has 14 rings (SSSR count). The fourth-order valence-electron chi connectivity index (χ4n) is 23.5. The van der Waals surface area contributed by atoms with E-state index in [1.54, 1.807) is 16.8 Å². The minimum absolute atomic E-state index is 0.432. The number of hydrogen-bond donors (Lipinski definition) is 0. The summed E-state index contributed by atoms with van der Waals surface area (Å²) in [6, 6.07) is 2.82. The Morgan fingerprint density at radius 1 is 0.582 bits per heavy atom. The normalized spacial score (nSPS) is 46.1. The van der Waals surface area contributed by atoms with Crippen LogP contribution in [-0.2, 0) is 4.74 Å². The number of allylic oxidation sites excluding steroid dienone is 11. The summed E-state index contributed by atoms with van der Waals surface area (Å²) < 4.78 is 7.10. The lowest BCUT2D eigenvalue weighted by molar-refractivity contribution is -0.0448. The molecule has 0 spiro atoms. The quantitative estimate of drug-likeness (QED) is 0.181. The smallest absolute Gasteiger partial charge is 0.0616 e. The van der Waals surface area contributed by atoms with E-state index in [0.29, 0.717) is 47.5 Å². The maximum atomic E-state index is 7.10. The zero-order chi connectivity index (χ0) is 53.0. The summed E-state index contributed by atoms with van der Waals surface area (Å²) in [5, 5.41) is 0. The van der Waals surface area contributed by atoms with E-state index in [1.165, 1.54) is 244 Å². The second kappa shape index (κ2) is 23.9. The van der Waals surface area contributed by atoms with E-state index in [9.17, 15) is 0 Å². The van der Waals surface area contributed by atoms with Gasteiger partial charge in [0.2, 0.25) is 0 Å². The van der Waals surface area contributed by atoms with E-state index < -0.39 is 0 Å². The third-order valence-electron chi connectivity index (χ3n) is 27.1. The Hall–Kier alpha value is -2.52. The molecule has 17 atom stereocenters. The molecule has 79 heavy (non-hydrogen) atoms. The van der Waals surface area contributed by atoms with Crippen LogP contribution in [0.3, 0.4) is 0 Å². The Labute approximate surface area is 483 Å². The van der Waals surface area contributed by atoms with Gasteiger partial charge in [-0.2, -0.15) is 0 Å². The Morgan fingerprint density at radius 3 is 2.20 bits per heavy atom. The molecule has 0 bridgehead atoms. The Kier molecular flexibility index (Phi) is 16.4. The zero-order valence-electron chi connectivity index (χ0n) is 50.3. The van der Waals surface area contributed by atoms with Crippen LogP contribution < -0.4 is 0 Å². The highest BCUT2D eigenvalue weighted by atomic mass is 16.5. The summed E-state index contributed by atoms with van der Waals surface area (Å²) in [6.45, 7) is 11.0. The van der Waals surface area contributed by atoms with Gasteiger partial charge in [0.25, 0.3) is 0 Å². The van der Waals surface area contributed by atoms with Gasteiger partial charge in [-0.05, 0) is 282 Å². The third-order valence-corrected chi connectivity index (χ3v) is 27.1. The maximum absolute atomic E-state index is 7.10. The SMILES string of the molecule is C=CC1CC=C(C2C=C3C(=CC2)N(C2C=CCCC2)C2CCC(C4CCC(N(C5=CC6CCCCC6CC5)C5CCC6C7CCCCC7C(C7=CCC(OC8CCC(C=C)CC8)CC7)(C7CCCC(C)C7)C6C5)CC4)CC32)CC1. The molecule has 13 aliphatic carbocycles. The number of hydrogen-bond acceptors (Lipinski definition) is 3. The van der Waals surface area contributed by atoms with Gasteiger partial charge in [-0.1, -0.05) is 111 Å². The number of likely N-dealkylation sites (tertiary alicyclic amines) is 1. The number of ether oxygens (including phenoxy) is 1. The highest BCUT2D eigenvalue weighted by Gasteiger charge is 2.65. The van der Waals surface area contributed by atoms with E-state index >= 15 is 0 Å². The van der Waals surface area contributed by atoms with E-state index in [-0.39, 0.29) is 0 Å². The molecule has 0 radical (unpaired) electrons. The van der Waals surface area contributed by atoms with E-state index in [4.69, 9.17) is 4.74 Å². The summed E-state index contributed by atoms with van der Waals surface area (Å²) in [4.78, 5) is 6.38. The summed E-state index contributed by atoms with van der Waals surface area (Å²) in [5.74, 6) is 11.9. The predicted octanol–water partition coefficient (Wildman–Crippen LogP) is 19.9. The van der Waals surface area contributed by atoms with Crippen molar-refractivity contribution in [2.24, 2.45) is 88.3 Å². The van der Waals surface area contributed by atoms with Crippen LogP contribution in [0.25, 0.3) is 0 Å². The maximum Gasteiger partial charge on any atom is 0.0616 e. The molecule has 0 aromatic heterocycles. The summed E-state index contributed by atoms with van der Waals surface area (Å²) >= 11 is 0. The molecule has 0 aromatic rings. The molecule has 432 valence electrons. The topological polar surface area (TPSA) is 15.7 Å². The molecule has 3 nitrogen and oxygen atoms in total. The molecule has 3 heteroatoms. The molecule has 1 heterocycles. The minimum atomic E-state index is 0.432. The zero-order valence-corrected chi connectivity index (χ0v) is 50.3. The number of rotatable bonds is 12. The van der Waals surface area contributed by atoms with Gasteiger partial charge < -0.3 is 14.5 Å². The molecule has 0 amide bonds. The first-order valence-electron chi connectivity index (χ1n) is 35.6. The average molecular weight is 1070 g/mol. The predicted molar refractivity (Wildman–Crippen MR) is 330 cm³/mol. The second-order valence-electron chi connectivity index (χ2n) is 30.8. The van der Waals surface area contributed by atoms with Gasteiger partial charge in [-0.15, -0.1) is 13.2 Å². The van der Waals surface area contributed by atoms with Crippen molar-refractivity contribution >= 4 is 0 Å². The Balaban J connectivity index is 0.732. The minimum Gasteiger partial charge on any atom is -0.375 e. The molecule has 0 N–H and O–H groups in total. The summed E-state index contributed by atoms with van der Waals surface area (Å²) in [5.41, 5.74) is 9.52. The fraction of sp³-hybridized carbons (Fsp3) is 0.789. The van der Waals surface area contributed by atoms with Crippen molar-refractivity contribution in [1.82, 2.24) is 9.80 Å². The molecule has 1 saturated heterocycles. The first kappa shape index (κ1) is 54.4. The van der Waals surface area contributed by atoms with Crippen molar-refractivity contribution in [3.63, 3.8) is 0 Å². The van der Waals surface area contributed by atoms with Crippen molar-refractivity contribution in [2.45, 2.75) is 287 Å². The van der Waals surface area contributed by atoms with Gasteiger partial charge in [-0.25, -0.2) is 0 Å². The van der Waals surface area contributed by atoms with E-state index in [2.05, 4.69) is 84.6 Å². The molecular formula is C76H112N2O. The lowest BCUT2D eigenvalue weighted by Gasteiger charge is -2.56. The molecular weight excluding hydrogens is 957 g/mol. The van der Waals surface area contributed by atoms with Crippen LogP contribution in [-0.4, -0.2) is 46.2 Å². The first-order valence-corrected chi connectivity index (χ1v) is 35.6. The summed E-state index contributed by atoms with van der Waals surface area (Å²) in [7, 11) is 0. The fourth-order valence-corrected chi connectivity index (χ4v) is 23.5. The molecule has 8 saturated carbocycles. The Bertz CT molecular complexity index is 2350. The van der Waals surface area contributed by atoms with E-state index in [0.717, 1.165) is 77.2 Å². The van der Waals surface area contributed by atoms with Crippen LogP contribution in [0.2, 0.25) is 0 Å². The van der Waals surface area contributed by atoms with Gasteiger partial charge in [-0.3, -0.25) is 0 Å². The largest absolute Gasteiger partial charge is 0.375 e. The second-order valence-corrected chi connectivity index (χ2v) is 30.8. The van der Waals surface area contributed by atoms with Gasteiger partial charge >= 0.3 is 0 Å². The van der Waals surface area contributed by atoms with Gasteiger partial charge in [0.1, 0.15) is 0 Å². The van der Waals surface area contributed by atoms with E-state index in [1.807, 2.05) is 11.3 Å². The first-order chi connectivity index (χ1) is 38.9. The Morgan fingerprint density at radius 2 is 1.41 bits per heavy atom. The monoisotopic (exact) mass is 1070 g/mol. The van der Waals surface area contributed by atoms with Crippen LogP contribution in [0.4, 0.5) is 0 Å². The number of nitrogens with zero attached hydrogens (tertiary/aromatic N) is 2. The molecule has 14 aliphatic rings. The molecule has 17 unspecified atom stereocenters. The standard InChI is InChI=1S/C76H112N2O/c1-4-52-22-26-55(27-23-52)58-31-44-74-70(48-58)71-49-59(32-45-75(71)78(74)62-18-7-6-8-19-62)56-28-35-63(36-29-56)77(64-37-30-54-15-9-10-16-57(54)47-64)65-38-43-69-68-20-11-12-21-72(68)76(73(69)50-65,61-17-13-14-51(3)46-61)60-33-41-67(42-34-60)79-66-39-24-53(5-2)25-40-66/h4-5,7,18,26,33,44,47-48,51-54,56-59,61-63,65-69,71-73,75H,1-2,6,8-17,19-25,27-32,34-43,45-46,49-50H2,3H3. The molecule has 1 aliphatic heterocycles. The van der Waals surface area contributed by atoms with Crippen molar-refractivity contribution in [1.29, 1.82) is 0 Å². The van der Waals surface area contributed by atoms with Crippen LogP contribution in [0.15, 0.2) is 96.0 Å². The molecule has 0 aromatic carbocycles. The van der Waals surface area contributed by atoms with Crippen molar-refractivity contribution < 1.29 is 4.74 Å².